The van der Waals surface area contributed by atoms with Crippen molar-refractivity contribution in [3.8, 4) is 5.75 Å². The number of amides is 2. The molecule has 5 nitrogen and oxygen atoms in total. The molecule has 0 bridgehead atoms. The normalized spacial score (nSPS) is 13.7. The van der Waals surface area contributed by atoms with Gasteiger partial charge in [0.25, 0.3) is 11.8 Å². The molecule has 0 aromatic heterocycles. The summed E-state index contributed by atoms with van der Waals surface area (Å²) in [7, 11) is 0. The average Bonchev–Trinajstić information content (AvgIpc) is 3.21. The number of likely N-dealkylation sites (tertiary alicyclic amines) is 1. The van der Waals surface area contributed by atoms with Crippen LogP contribution < -0.4 is 10.1 Å². The topological polar surface area (TPSA) is 58.6 Å². The number of ether oxygens (including phenoxy) is 1. The van der Waals surface area contributed by atoms with Gasteiger partial charge in [-0.05, 0) is 54.8 Å². The quantitative estimate of drug-likeness (QED) is 0.843. The van der Waals surface area contributed by atoms with E-state index in [1.165, 1.54) is 24.3 Å². The molecule has 2 amide bonds. The Kier molecular flexibility index (Phi) is 6.01. The van der Waals surface area contributed by atoms with Gasteiger partial charge in [0.2, 0.25) is 0 Å². The monoisotopic (exact) mass is 374 g/mol. The number of carbonyl (C=O) groups excluding carboxylic acids is 2. The molecule has 1 saturated heterocycles. The standard InChI is InChI=1S/C20H20F2N2O3/c21-20(22)27-17-9-7-15(8-10-17)18(25)23-13-14-3-5-16(6-4-14)19(26)24-11-1-2-12-24/h3-10,20H,1-2,11-13H2,(H,23,25). The van der Waals surface area contributed by atoms with Crippen molar-refractivity contribution in [3.05, 3.63) is 65.2 Å². The molecule has 1 heterocycles. The van der Waals surface area contributed by atoms with Crippen molar-refractivity contribution in [1.82, 2.24) is 10.2 Å². The van der Waals surface area contributed by atoms with Gasteiger partial charge in [-0.3, -0.25) is 9.59 Å². The molecule has 1 fully saturated rings. The van der Waals surface area contributed by atoms with E-state index in [1.54, 1.807) is 12.1 Å². The predicted octanol–water partition coefficient (Wildman–Crippen LogP) is 3.45. The maximum absolute atomic E-state index is 12.3. The van der Waals surface area contributed by atoms with E-state index in [-0.39, 0.29) is 17.6 Å². The van der Waals surface area contributed by atoms with E-state index in [0.29, 0.717) is 17.7 Å². The predicted molar refractivity (Wildman–Crippen MR) is 95.8 cm³/mol. The van der Waals surface area contributed by atoms with Gasteiger partial charge >= 0.3 is 6.61 Å². The number of hydrogen-bond donors (Lipinski definition) is 1. The van der Waals surface area contributed by atoms with E-state index < -0.39 is 6.61 Å². The third-order valence-electron chi connectivity index (χ3n) is 4.39. The van der Waals surface area contributed by atoms with Gasteiger partial charge in [0.1, 0.15) is 5.75 Å². The fourth-order valence-corrected chi connectivity index (χ4v) is 2.94. The summed E-state index contributed by atoms with van der Waals surface area (Å²) in [4.78, 5) is 26.3. The highest BCUT2D eigenvalue weighted by molar-refractivity contribution is 5.95. The minimum absolute atomic E-state index is 0.000178. The van der Waals surface area contributed by atoms with Crippen molar-refractivity contribution in [2.24, 2.45) is 0 Å². The van der Waals surface area contributed by atoms with Crippen molar-refractivity contribution in [2.45, 2.75) is 26.0 Å². The maximum atomic E-state index is 12.3. The van der Waals surface area contributed by atoms with Gasteiger partial charge in [-0.1, -0.05) is 12.1 Å². The van der Waals surface area contributed by atoms with Crippen LogP contribution in [0.2, 0.25) is 0 Å². The Bertz CT molecular complexity index is 786. The van der Waals surface area contributed by atoms with E-state index in [2.05, 4.69) is 10.1 Å². The summed E-state index contributed by atoms with van der Waals surface area (Å²) in [5.41, 5.74) is 1.85. The van der Waals surface area contributed by atoms with Crippen molar-refractivity contribution in [2.75, 3.05) is 13.1 Å². The minimum Gasteiger partial charge on any atom is -0.435 e. The van der Waals surface area contributed by atoms with Crippen molar-refractivity contribution in [1.29, 1.82) is 0 Å². The Morgan fingerprint density at radius 1 is 0.963 bits per heavy atom. The van der Waals surface area contributed by atoms with Crippen LogP contribution in [-0.2, 0) is 6.54 Å². The molecule has 1 N–H and O–H groups in total. The van der Waals surface area contributed by atoms with Crippen molar-refractivity contribution in [3.63, 3.8) is 0 Å². The highest BCUT2D eigenvalue weighted by Crippen LogP contribution is 2.16. The lowest BCUT2D eigenvalue weighted by Crippen LogP contribution is -2.27. The number of rotatable bonds is 6. The Morgan fingerprint density at radius 2 is 1.56 bits per heavy atom. The number of benzene rings is 2. The third-order valence-corrected chi connectivity index (χ3v) is 4.39. The van der Waals surface area contributed by atoms with Crippen LogP contribution in [0.15, 0.2) is 48.5 Å². The molecule has 0 aliphatic carbocycles. The number of nitrogens with zero attached hydrogens (tertiary/aromatic N) is 1. The molecule has 7 heteroatoms. The van der Waals surface area contributed by atoms with Gasteiger partial charge in [0.05, 0.1) is 0 Å². The molecule has 2 aromatic carbocycles. The first-order chi connectivity index (χ1) is 13.0. The second-order valence-electron chi connectivity index (χ2n) is 6.28. The second kappa shape index (κ2) is 8.62. The van der Waals surface area contributed by atoms with E-state index in [0.717, 1.165) is 31.5 Å². The first kappa shape index (κ1) is 18.8. The summed E-state index contributed by atoms with van der Waals surface area (Å²) in [6.45, 7) is -0.994. The van der Waals surface area contributed by atoms with E-state index in [1.807, 2.05) is 17.0 Å². The maximum Gasteiger partial charge on any atom is 0.387 e. The third kappa shape index (κ3) is 5.03. The lowest BCUT2D eigenvalue weighted by Gasteiger charge is -2.15. The Morgan fingerprint density at radius 3 is 2.15 bits per heavy atom. The summed E-state index contributed by atoms with van der Waals surface area (Å²) in [5, 5.41) is 2.76. The van der Waals surface area contributed by atoms with E-state index >= 15 is 0 Å². The van der Waals surface area contributed by atoms with Gasteiger partial charge < -0.3 is 15.0 Å². The molecule has 2 aromatic rings. The first-order valence-electron chi connectivity index (χ1n) is 8.74. The van der Waals surface area contributed by atoms with Crippen LogP contribution in [0.1, 0.15) is 39.1 Å². The number of nitrogens with one attached hydrogen (secondary N) is 1. The lowest BCUT2D eigenvalue weighted by atomic mass is 10.1. The number of hydrogen-bond acceptors (Lipinski definition) is 3. The number of carbonyl (C=O) groups is 2. The van der Waals surface area contributed by atoms with Gasteiger partial charge in [-0.2, -0.15) is 8.78 Å². The van der Waals surface area contributed by atoms with E-state index in [9.17, 15) is 18.4 Å². The van der Waals surface area contributed by atoms with Crippen LogP contribution in [0, 0.1) is 0 Å². The van der Waals surface area contributed by atoms with Crippen molar-refractivity contribution < 1.29 is 23.1 Å². The second-order valence-corrected chi connectivity index (χ2v) is 6.28. The molecule has 27 heavy (non-hydrogen) atoms. The minimum atomic E-state index is -2.90. The summed E-state index contributed by atoms with van der Waals surface area (Å²) in [6.07, 6.45) is 2.09. The Hall–Kier alpha value is -2.96. The Balaban J connectivity index is 1.53. The zero-order valence-electron chi connectivity index (χ0n) is 14.7. The molecule has 0 unspecified atom stereocenters. The van der Waals surface area contributed by atoms with Crippen LogP contribution in [0.3, 0.4) is 0 Å². The van der Waals surface area contributed by atoms with Gasteiger partial charge in [-0.25, -0.2) is 0 Å². The van der Waals surface area contributed by atoms with Crippen LogP contribution in [0.4, 0.5) is 8.78 Å². The fraction of sp³-hybridized carbons (Fsp3) is 0.300. The van der Waals surface area contributed by atoms with Gasteiger partial charge in [0.15, 0.2) is 0 Å². The van der Waals surface area contributed by atoms with Gasteiger partial charge in [-0.15, -0.1) is 0 Å². The fourth-order valence-electron chi connectivity index (χ4n) is 2.94. The van der Waals surface area contributed by atoms with Gasteiger partial charge in [0, 0.05) is 30.8 Å². The first-order valence-corrected chi connectivity index (χ1v) is 8.74. The zero-order valence-corrected chi connectivity index (χ0v) is 14.7. The molecule has 0 spiro atoms. The molecule has 1 aliphatic rings. The summed E-state index contributed by atoms with van der Waals surface area (Å²) in [6, 6.07) is 12.6. The molecular weight excluding hydrogens is 354 g/mol. The van der Waals surface area contributed by atoms with Crippen LogP contribution in [-0.4, -0.2) is 36.4 Å². The summed E-state index contributed by atoms with van der Waals surface area (Å²) >= 11 is 0. The summed E-state index contributed by atoms with van der Waals surface area (Å²) in [5.74, 6) is -0.287. The van der Waals surface area contributed by atoms with Crippen LogP contribution >= 0.6 is 0 Å². The number of halogens is 2. The molecule has 0 saturated carbocycles. The number of alkyl halides is 2. The molecule has 142 valence electrons. The van der Waals surface area contributed by atoms with E-state index in [4.69, 9.17) is 0 Å². The molecule has 0 atom stereocenters. The SMILES string of the molecule is O=C(NCc1ccc(C(=O)N2CCCC2)cc1)c1ccc(OC(F)F)cc1. The summed E-state index contributed by atoms with van der Waals surface area (Å²) < 4.78 is 28.5. The lowest BCUT2D eigenvalue weighted by molar-refractivity contribution is -0.0498. The largest absolute Gasteiger partial charge is 0.435 e. The zero-order chi connectivity index (χ0) is 19.2. The molecule has 3 rings (SSSR count). The molecule has 1 aliphatic heterocycles. The highest BCUT2D eigenvalue weighted by atomic mass is 19.3. The Labute approximate surface area is 155 Å². The molecular formula is C20H20F2N2O3. The molecule has 0 radical (unpaired) electrons. The smallest absolute Gasteiger partial charge is 0.387 e. The average molecular weight is 374 g/mol. The van der Waals surface area contributed by atoms with Crippen LogP contribution in [0.5, 0.6) is 5.75 Å². The highest BCUT2D eigenvalue weighted by Gasteiger charge is 2.19. The van der Waals surface area contributed by atoms with Crippen LogP contribution in [0.25, 0.3) is 0 Å². The van der Waals surface area contributed by atoms with Crippen molar-refractivity contribution >= 4 is 11.8 Å².